The summed E-state index contributed by atoms with van der Waals surface area (Å²) in [5.74, 6) is 0.323. The number of amides is 1. The highest BCUT2D eigenvalue weighted by Crippen LogP contribution is 2.19. The average Bonchev–Trinajstić information content (AvgIpc) is 2.60. The Hall–Kier alpha value is -2.80. The summed E-state index contributed by atoms with van der Waals surface area (Å²) in [7, 11) is -2.20. The molecule has 0 aliphatic rings. The van der Waals surface area contributed by atoms with Crippen molar-refractivity contribution in [1.29, 1.82) is 0 Å². The largest absolute Gasteiger partial charge is 0.497 e. The Morgan fingerprint density at radius 2 is 1.75 bits per heavy atom. The molecular formula is C17H18N2O4S. The van der Waals surface area contributed by atoms with Crippen LogP contribution in [0.15, 0.2) is 66.1 Å². The first-order chi connectivity index (χ1) is 11.5. The Morgan fingerprint density at radius 1 is 1.12 bits per heavy atom. The van der Waals surface area contributed by atoms with E-state index in [1.165, 1.54) is 31.4 Å². The summed E-state index contributed by atoms with van der Waals surface area (Å²) in [4.78, 5) is 11.9. The lowest BCUT2D eigenvalue weighted by molar-refractivity contribution is 0.0958. The fourth-order valence-corrected chi connectivity index (χ4v) is 2.98. The van der Waals surface area contributed by atoms with Gasteiger partial charge < -0.3 is 10.1 Å². The Labute approximate surface area is 141 Å². The number of carbonyl (C=O) groups is 1. The van der Waals surface area contributed by atoms with Gasteiger partial charge in [0.2, 0.25) is 0 Å². The third kappa shape index (κ3) is 4.36. The quantitative estimate of drug-likeness (QED) is 0.754. The molecule has 0 aromatic heterocycles. The first-order valence-corrected chi connectivity index (χ1v) is 8.60. The van der Waals surface area contributed by atoms with Crippen molar-refractivity contribution in [1.82, 2.24) is 5.32 Å². The van der Waals surface area contributed by atoms with Crippen molar-refractivity contribution in [2.75, 3.05) is 18.4 Å². The number of ether oxygens (including phenoxy) is 1. The van der Waals surface area contributed by atoms with Crippen molar-refractivity contribution < 1.29 is 17.9 Å². The molecular weight excluding hydrogens is 328 g/mol. The summed E-state index contributed by atoms with van der Waals surface area (Å²) < 4.78 is 32.1. The van der Waals surface area contributed by atoms with Crippen LogP contribution in [0.2, 0.25) is 0 Å². The van der Waals surface area contributed by atoms with E-state index < -0.39 is 10.0 Å². The number of benzene rings is 2. The van der Waals surface area contributed by atoms with Crippen molar-refractivity contribution in [2.45, 2.75) is 4.90 Å². The lowest BCUT2D eigenvalue weighted by atomic mass is 10.2. The SMILES string of the molecule is C=CCNC(=O)c1ccc(NS(=O)(=O)c2ccc(OC)cc2)cc1. The van der Waals surface area contributed by atoms with E-state index in [-0.39, 0.29) is 10.8 Å². The molecule has 1 amide bonds. The standard InChI is InChI=1S/C17H18N2O4S/c1-3-12-18-17(20)13-4-6-14(7-5-13)19-24(21,22)16-10-8-15(23-2)9-11-16/h3-11,19H,1,12H2,2H3,(H,18,20). The molecule has 126 valence electrons. The fraction of sp³-hybridized carbons (Fsp3) is 0.118. The first kappa shape index (κ1) is 17.6. The lowest BCUT2D eigenvalue weighted by Crippen LogP contribution is -2.23. The second-order valence-corrected chi connectivity index (χ2v) is 6.54. The van der Waals surface area contributed by atoms with Gasteiger partial charge in [-0.1, -0.05) is 6.08 Å². The van der Waals surface area contributed by atoms with Gasteiger partial charge in [-0.15, -0.1) is 6.58 Å². The molecule has 0 aliphatic carbocycles. The van der Waals surface area contributed by atoms with E-state index in [0.717, 1.165) is 0 Å². The lowest BCUT2D eigenvalue weighted by Gasteiger charge is -2.09. The van der Waals surface area contributed by atoms with E-state index in [0.29, 0.717) is 23.5 Å². The number of nitrogens with one attached hydrogen (secondary N) is 2. The van der Waals surface area contributed by atoms with Crippen LogP contribution in [-0.4, -0.2) is 28.0 Å². The number of rotatable bonds is 7. The Balaban J connectivity index is 2.11. The molecule has 0 bridgehead atoms. The highest BCUT2D eigenvalue weighted by Gasteiger charge is 2.14. The highest BCUT2D eigenvalue weighted by atomic mass is 32.2. The minimum Gasteiger partial charge on any atom is -0.497 e. The van der Waals surface area contributed by atoms with Crippen LogP contribution in [0.25, 0.3) is 0 Å². The van der Waals surface area contributed by atoms with Gasteiger partial charge in [-0.2, -0.15) is 0 Å². The summed E-state index contributed by atoms with van der Waals surface area (Å²) in [6, 6.07) is 12.2. The minimum atomic E-state index is -3.70. The zero-order valence-corrected chi connectivity index (χ0v) is 14.0. The van der Waals surface area contributed by atoms with Crippen LogP contribution in [0.1, 0.15) is 10.4 Å². The average molecular weight is 346 g/mol. The topological polar surface area (TPSA) is 84.5 Å². The zero-order chi connectivity index (χ0) is 17.6. The Bertz CT molecular complexity index is 813. The maximum absolute atomic E-state index is 12.3. The van der Waals surface area contributed by atoms with Gasteiger partial charge >= 0.3 is 0 Å². The third-order valence-corrected chi connectivity index (χ3v) is 4.57. The van der Waals surface area contributed by atoms with Crippen LogP contribution in [0.3, 0.4) is 0 Å². The second-order valence-electron chi connectivity index (χ2n) is 4.86. The number of methoxy groups -OCH3 is 1. The molecule has 0 saturated heterocycles. The summed E-state index contributed by atoms with van der Waals surface area (Å²) in [5, 5.41) is 2.65. The molecule has 0 atom stereocenters. The van der Waals surface area contributed by atoms with Gasteiger partial charge in [0, 0.05) is 17.8 Å². The number of hydrogen-bond acceptors (Lipinski definition) is 4. The molecule has 2 aromatic rings. The number of sulfonamides is 1. The number of hydrogen-bond donors (Lipinski definition) is 2. The van der Waals surface area contributed by atoms with Gasteiger partial charge in [-0.3, -0.25) is 9.52 Å². The molecule has 0 saturated carbocycles. The van der Waals surface area contributed by atoms with Crippen molar-refractivity contribution in [3.8, 4) is 5.75 Å². The van der Waals surface area contributed by atoms with E-state index >= 15 is 0 Å². The molecule has 6 nitrogen and oxygen atoms in total. The maximum atomic E-state index is 12.3. The van der Waals surface area contributed by atoms with Crippen molar-refractivity contribution in [3.05, 3.63) is 66.7 Å². The third-order valence-electron chi connectivity index (χ3n) is 3.18. The van der Waals surface area contributed by atoms with E-state index in [9.17, 15) is 13.2 Å². The van der Waals surface area contributed by atoms with Crippen molar-refractivity contribution in [3.63, 3.8) is 0 Å². The van der Waals surface area contributed by atoms with Gasteiger partial charge in [0.15, 0.2) is 0 Å². The molecule has 0 unspecified atom stereocenters. The van der Waals surface area contributed by atoms with E-state index in [1.54, 1.807) is 30.3 Å². The van der Waals surface area contributed by atoms with Crippen LogP contribution >= 0.6 is 0 Å². The molecule has 7 heteroatoms. The smallest absolute Gasteiger partial charge is 0.261 e. The van der Waals surface area contributed by atoms with Gasteiger partial charge in [-0.25, -0.2) is 8.42 Å². The van der Waals surface area contributed by atoms with Crippen molar-refractivity contribution in [2.24, 2.45) is 0 Å². The molecule has 0 spiro atoms. The monoisotopic (exact) mass is 346 g/mol. The molecule has 24 heavy (non-hydrogen) atoms. The van der Waals surface area contributed by atoms with Crippen LogP contribution in [-0.2, 0) is 10.0 Å². The van der Waals surface area contributed by atoms with Gasteiger partial charge in [0.25, 0.3) is 15.9 Å². The van der Waals surface area contributed by atoms with Crippen LogP contribution in [0, 0.1) is 0 Å². The van der Waals surface area contributed by atoms with Crippen LogP contribution < -0.4 is 14.8 Å². The van der Waals surface area contributed by atoms with Gasteiger partial charge in [0.05, 0.1) is 12.0 Å². The van der Waals surface area contributed by atoms with E-state index in [4.69, 9.17) is 4.74 Å². The summed E-state index contributed by atoms with van der Waals surface area (Å²) in [6.07, 6.45) is 1.58. The fourth-order valence-electron chi connectivity index (χ4n) is 1.93. The van der Waals surface area contributed by atoms with E-state index in [2.05, 4.69) is 16.6 Å². The Kier molecular flexibility index (Phi) is 5.59. The molecule has 2 rings (SSSR count). The van der Waals surface area contributed by atoms with Crippen LogP contribution in [0.5, 0.6) is 5.75 Å². The highest BCUT2D eigenvalue weighted by molar-refractivity contribution is 7.92. The molecule has 2 N–H and O–H groups in total. The molecule has 0 aliphatic heterocycles. The molecule has 0 radical (unpaired) electrons. The molecule has 0 fully saturated rings. The van der Waals surface area contributed by atoms with Crippen molar-refractivity contribution >= 4 is 21.6 Å². The zero-order valence-electron chi connectivity index (χ0n) is 13.2. The minimum absolute atomic E-state index is 0.121. The summed E-state index contributed by atoms with van der Waals surface area (Å²) in [6.45, 7) is 3.89. The molecule has 2 aromatic carbocycles. The predicted molar refractivity (Wildman–Crippen MR) is 92.8 cm³/mol. The first-order valence-electron chi connectivity index (χ1n) is 7.12. The maximum Gasteiger partial charge on any atom is 0.261 e. The van der Waals surface area contributed by atoms with Crippen LogP contribution in [0.4, 0.5) is 5.69 Å². The second kappa shape index (κ2) is 7.65. The molecule has 0 heterocycles. The van der Waals surface area contributed by atoms with Gasteiger partial charge in [0.1, 0.15) is 5.75 Å². The number of carbonyl (C=O) groups excluding carboxylic acids is 1. The van der Waals surface area contributed by atoms with Gasteiger partial charge in [-0.05, 0) is 48.5 Å². The number of anilines is 1. The Morgan fingerprint density at radius 3 is 2.29 bits per heavy atom. The normalized spacial score (nSPS) is 10.7. The predicted octanol–water partition coefficient (Wildman–Crippen LogP) is 2.41. The summed E-state index contributed by atoms with van der Waals surface area (Å²) >= 11 is 0. The summed E-state index contributed by atoms with van der Waals surface area (Å²) in [5.41, 5.74) is 0.801. The van der Waals surface area contributed by atoms with E-state index in [1.807, 2.05) is 0 Å².